The number of nitrogens with one attached hydrogen (secondary N) is 1. The molecule has 0 aliphatic rings. The van der Waals surface area contributed by atoms with Crippen molar-refractivity contribution < 1.29 is 9.84 Å². The number of para-hydroxylation sites is 1. The van der Waals surface area contributed by atoms with Gasteiger partial charge in [-0.15, -0.1) is 0 Å². The number of aryl methyl sites for hydroxylation is 2. The number of anilines is 1. The Morgan fingerprint density at radius 2 is 1.93 bits per heavy atom. The van der Waals surface area contributed by atoms with Gasteiger partial charge in [0.25, 0.3) is 5.56 Å². The molecule has 1 atom stereocenters. The Balaban J connectivity index is 1.95. The van der Waals surface area contributed by atoms with Crippen LogP contribution < -0.4 is 21.3 Å². The van der Waals surface area contributed by atoms with Gasteiger partial charge in [0.2, 0.25) is 5.95 Å². The fourth-order valence-corrected chi connectivity index (χ4v) is 3.09. The van der Waals surface area contributed by atoms with Crippen LogP contribution in [0.15, 0.2) is 33.9 Å². The number of rotatable bonds is 7. The normalized spacial score (nSPS) is 12.3. The minimum Gasteiger partial charge on any atom is -0.491 e. The van der Waals surface area contributed by atoms with Crippen LogP contribution in [0.1, 0.15) is 12.5 Å². The number of benzene rings is 1. The maximum absolute atomic E-state index is 12.7. The number of aliphatic hydroxyl groups excluding tert-OH is 1. The summed E-state index contributed by atoms with van der Waals surface area (Å²) in [7, 11) is 2.99. The smallest absolute Gasteiger partial charge is 0.332 e. The second-order valence-electron chi connectivity index (χ2n) is 6.68. The minimum atomic E-state index is -0.878. The van der Waals surface area contributed by atoms with E-state index in [1.165, 1.54) is 11.6 Å². The third kappa shape index (κ3) is 3.53. The van der Waals surface area contributed by atoms with Crippen molar-refractivity contribution in [2.75, 3.05) is 18.5 Å². The lowest BCUT2D eigenvalue weighted by molar-refractivity contribution is 0.0935. The fraction of sp³-hybridized carbons (Fsp3) is 0.421. The lowest BCUT2D eigenvalue weighted by atomic mass is 10.2. The van der Waals surface area contributed by atoms with Crippen LogP contribution in [0.4, 0.5) is 5.95 Å². The molecule has 0 fully saturated rings. The quantitative estimate of drug-likeness (QED) is 0.616. The van der Waals surface area contributed by atoms with Gasteiger partial charge >= 0.3 is 5.69 Å². The number of aromatic nitrogens is 4. The Kier molecular flexibility index (Phi) is 5.55. The monoisotopic (exact) mass is 387 g/mol. The van der Waals surface area contributed by atoms with Gasteiger partial charge in [-0.2, -0.15) is 4.98 Å². The lowest BCUT2D eigenvalue weighted by Crippen LogP contribution is -2.38. The van der Waals surface area contributed by atoms with Crippen molar-refractivity contribution in [3.05, 3.63) is 50.7 Å². The van der Waals surface area contributed by atoms with Gasteiger partial charge in [-0.25, -0.2) is 4.79 Å². The van der Waals surface area contributed by atoms with Gasteiger partial charge in [0.05, 0.1) is 6.54 Å². The third-order valence-electron chi connectivity index (χ3n) is 4.60. The first-order valence-corrected chi connectivity index (χ1v) is 9.11. The van der Waals surface area contributed by atoms with E-state index in [0.717, 1.165) is 10.1 Å². The van der Waals surface area contributed by atoms with E-state index >= 15 is 0 Å². The van der Waals surface area contributed by atoms with Crippen molar-refractivity contribution in [2.24, 2.45) is 14.1 Å². The minimum absolute atomic E-state index is 0.0577. The van der Waals surface area contributed by atoms with Crippen LogP contribution in [-0.4, -0.2) is 43.0 Å². The Labute approximate surface area is 161 Å². The van der Waals surface area contributed by atoms with Gasteiger partial charge < -0.3 is 19.7 Å². The number of fused-ring (bicyclic) bond motifs is 1. The van der Waals surface area contributed by atoms with Crippen LogP contribution in [-0.2, 0) is 20.6 Å². The van der Waals surface area contributed by atoms with Crippen LogP contribution in [0.25, 0.3) is 11.2 Å². The second kappa shape index (κ2) is 7.89. The highest BCUT2D eigenvalue weighted by Crippen LogP contribution is 2.18. The van der Waals surface area contributed by atoms with E-state index in [-0.39, 0.29) is 24.3 Å². The molecule has 0 aliphatic carbocycles. The van der Waals surface area contributed by atoms with E-state index in [1.54, 1.807) is 11.6 Å². The third-order valence-corrected chi connectivity index (χ3v) is 4.60. The molecule has 0 aliphatic heterocycles. The molecule has 2 N–H and O–H groups in total. The molecule has 2 aromatic heterocycles. The molecule has 150 valence electrons. The van der Waals surface area contributed by atoms with Crippen molar-refractivity contribution in [2.45, 2.75) is 26.5 Å². The molecule has 1 aromatic carbocycles. The zero-order valence-electron chi connectivity index (χ0n) is 16.5. The van der Waals surface area contributed by atoms with Gasteiger partial charge in [-0.3, -0.25) is 13.9 Å². The van der Waals surface area contributed by atoms with Crippen LogP contribution in [0.3, 0.4) is 0 Å². The van der Waals surface area contributed by atoms with E-state index < -0.39 is 17.4 Å². The number of imidazole rings is 1. The summed E-state index contributed by atoms with van der Waals surface area (Å²) in [6.45, 7) is 4.56. The standard InChI is InChI=1S/C19H25N5O4/c1-5-20-18-21-16-15(17(26)23(4)19(27)22(16)3)24(18)10-13(25)11-28-14-9-7-6-8-12(14)2/h6-9,13,25H,5,10-11H2,1-4H3,(H,20,21)/t13-/m0/s1. The molecule has 3 rings (SSSR count). The molecule has 0 amide bonds. The molecule has 28 heavy (non-hydrogen) atoms. The van der Waals surface area contributed by atoms with Gasteiger partial charge in [0.15, 0.2) is 11.2 Å². The summed E-state index contributed by atoms with van der Waals surface area (Å²) in [5, 5.41) is 13.6. The maximum atomic E-state index is 12.7. The number of nitrogens with zero attached hydrogens (tertiary/aromatic N) is 4. The molecule has 0 saturated heterocycles. The number of aliphatic hydroxyl groups is 1. The van der Waals surface area contributed by atoms with E-state index in [4.69, 9.17) is 4.74 Å². The highest BCUT2D eigenvalue weighted by molar-refractivity contribution is 5.74. The molecule has 0 radical (unpaired) electrons. The summed E-state index contributed by atoms with van der Waals surface area (Å²) in [6, 6.07) is 7.55. The Morgan fingerprint density at radius 3 is 2.61 bits per heavy atom. The summed E-state index contributed by atoms with van der Waals surface area (Å²) < 4.78 is 9.67. The summed E-state index contributed by atoms with van der Waals surface area (Å²) in [6.07, 6.45) is -0.878. The predicted molar refractivity (Wildman–Crippen MR) is 107 cm³/mol. The average molecular weight is 387 g/mol. The Morgan fingerprint density at radius 1 is 1.21 bits per heavy atom. The number of hydrogen-bond donors (Lipinski definition) is 2. The molecule has 0 saturated carbocycles. The Bertz CT molecular complexity index is 1110. The number of hydrogen-bond acceptors (Lipinski definition) is 6. The largest absolute Gasteiger partial charge is 0.491 e. The van der Waals surface area contributed by atoms with Gasteiger partial charge in [-0.05, 0) is 25.5 Å². The molecule has 3 aromatic rings. The summed E-state index contributed by atoms with van der Waals surface area (Å²) in [5.41, 5.74) is 0.599. The summed E-state index contributed by atoms with van der Waals surface area (Å²) >= 11 is 0. The molecule has 0 bridgehead atoms. The summed E-state index contributed by atoms with van der Waals surface area (Å²) in [4.78, 5) is 29.3. The van der Waals surface area contributed by atoms with Crippen molar-refractivity contribution in [1.29, 1.82) is 0 Å². The maximum Gasteiger partial charge on any atom is 0.332 e. The van der Waals surface area contributed by atoms with Crippen molar-refractivity contribution in [3.8, 4) is 5.75 Å². The van der Waals surface area contributed by atoms with Crippen molar-refractivity contribution >= 4 is 17.1 Å². The molecule has 0 unspecified atom stereocenters. The molecular weight excluding hydrogens is 362 g/mol. The zero-order valence-corrected chi connectivity index (χ0v) is 16.5. The van der Waals surface area contributed by atoms with Gasteiger partial charge in [0, 0.05) is 20.6 Å². The highest BCUT2D eigenvalue weighted by atomic mass is 16.5. The van der Waals surface area contributed by atoms with Gasteiger partial charge in [0.1, 0.15) is 18.5 Å². The first-order valence-electron chi connectivity index (χ1n) is 9.11. The second-order valence-corrected chi connectivity index (χ2v) is 6.68. The topological polar surface area (TPSA) is 103 Å². The molecule has 9 heteroatoms. The first-order chi connectivity index (χ1) is 13.3. The molecular formula is C19H25N5O4. The number of ether oxygens (including phenoxy) is 1. The zero-order chi connectivity index (χ0) is 20.4. The fourth-order valence-electron chi connectivity index (χ4n) is 3.09. The van der Waals surface area contributed by atoms with E-state index in [0.29, 0.717) is 18.2 Å². The molecule has 2 heterocycles. The van der Waals surface area contributed by atoms with Crippen LogP contribution in [0, 0.1) is 6.92 Å². The van der Waals surface area contributed by atoms with E-state index in [9.17, 15) is 14.7 Å². The first kappa shape index (κ1) is 19.7. The van der Waals surface area contributed by atoms with Crippen LogP contribution >= 0.6 is 0 Å². The summed E-state index contributed by atoms with van der Waals surface area (Å²) in [5.74, 6) is 1.12. The lowest BCUT2D eigenvalue weighted by Gasteiger charge is -2.16. The molecule has 9 nitrogen and oxygen atoms in total. The van der Waals surface area contributed by atoms with Crippen molar-refractivity contribution in [1.82, 2.24) is 18.7 Å². The SMILES string of the molecule is CCNc1nc2c(c(=O)n(C)c(=O)n2C)n1C[C@H](O)COc1ccccc1C. The van der Waals surface area contributed by atoms with Crippen LogP contribution in [0.2, 0.25) is 0 Å². The predicted octanol–water partition coefficient (Wildman–Crippen LogP) is 0.614. The van der Waals surface area contributed by atoms with E-state index in [2.05, 4.69) is 10.3 Å². The molecule has 0 spiro atoms. The van der Waals surface area contributed by atoms with Crippen LogP contribution in [0.5, 0.6) is 5.75 Å². The van der Waals surface area contributed by atoms with E-state index in [1.807, 2.05) is 38.1 Å². The Hall–Kier alpha value is -3.07. The average Bonchev–Trinajstić information content (AvgIpc) is 3.02. The van der Waals surface area contributed by atoms with Gasteiger partial charge in [-0.1, -0.05) is 18.2 Å². The highest BCUT2D eigenvalue weighted by Gasteiger charge is 2.21. The van der Waals surface area contributed by atoms with Crippen molar-refractivity contribution in [3.63, 3.8) is 0 Å².